The Kier molecular flexibility index (Phi) is 7.28. The quantitative estimate of drug-likeness (QED) is 0.289. The highest BCUT2D eigenvalue weighted by Crippen LogP contribution is 2.40. The number of rotatable bonds is 7. The fourth-order valence-corrected chi connectivity index (χ4v) is 6.10. The molecule has 196 valence electrons. The van der Waals surface area contributed by atoms with Crippen molar-refractivity contribution in [1.82, 2.24) is 4.98 Å². The molecule has 4 aromatic rings. The number of nitrogens with zero attached hydrogens (tertiary/aromatic N) is 1. The minimum Gasteiger partial charge on any atom is -0.465 e. The molecule has 9 heteroatoms. The zero-order valence-corrected chi connectivity index (χ0v) is 22.2. The van der Waals surface area contributed by atoms with E-state index in [1.807, 2.05) is 18.2 Å². The molecule has 5 rings (SSSR count). The number of amides is 1. The summed E-state index contributed by atoms with van der Waals surface area (Å²) in [6.45, 7) is 3.93. The molecule has 1 amide bonds. The number of anilines is 1. The van der Waals surface area contributed by atoms with Crippen LogP contribution >= 0.6 is 11.3 Å². The number of aromatic nitrogens is 1. The Balaban J connectivity index is 1.38. The van der Waals surface area contributed by atoms with Gasteiger partial charge >= 0.3 is 11.9 Å². The Morgan fingerprint density at radius 3 is 2.66 bits per heavy atom. The first kappa shape index (κ1) is 25.7. The number of ether oxygens (including phenoxy) is 2. The lowest BCUT2D eigenvalue weighted by molar-refractivity contribution is -0.124. The maximum atomic E-state index is 13.3. The smallest absolute Gasteiger partial charge is 0.341 e. The number of thiophene rings is 1. The predicted molar refractivity (Wildman–Crippen MR) is 144 cm³/mol. The second kappa shape index (κ2) is 10.8. The SMILES string of the molecule is CCC(OC(=O)c1ccccc1-c1nc2ccccc2o1)C(=O)Nc1sc2c(c1C(=O)OC)CCC(C)C2. The third kappa shape index (κ3) is 4.93. The lowest BCUT2D eigenvalue weighted by Crippen LogP contribution is -2.32. The van der Waals surface area contributed by atoms with Crippen molar-refractivity contribution in [2.75, 3.05) is 12.4 Å². The molecule has 1 aliphatic rings. The Morgan fingerprint density at radius 2 is 1.89 bits per heavy atom. The molecular formula is C29H28N2O6S. The largest absolute Gasteiger partial charge is 0.465 e. The van der Waals surface area contributed by atoms with Crippen LogP contribution < -0.4 is 5.32 Å². The van der Waals surface area contributed by atoms with Gasteiger partial charge in [0.25, 0.3) is 5.91 Å². The van der Waals surface area contributed by atoms with Crippen LogP contribution in [0.1, 0.15) is 57.8 Å². The van der Waals surface area contributed by atoms with E-state index in [-0.39, 0.29) is 17.9 Å². The standard InChI is InChI=1S/C29H28N2O6S/c1-4-21(25(32)31-27-24(29(34)35-3)19-14-13-16(2)15-23(19)38-27)37-28(33)18-10-6-5-9-17(18)26-30-20-11-7-8-12-22(20)36-26/h5-12,16,21H,4,13-15H2,1-3H3,(H,31,32). The van der Waals surface area contributed by atoms with Crippen LogP contribution in [0, 0.1) is 5.92 Å². The molecular weight excluding hydrogens is 504 g/mol. The van der Waals surface area contributed by atoms with E-state index in [4.69, 9.17) is 13.9 Å². The van der Waals surface area contributed by atoms with Crippen LogP contribution in [0.2, 0.25) is 0 Å². The molecule has 0 bridgehead atoms. The number of hydrogen-bond acceptors (Lipinski definition) is 8. The van der Waals surface area contributed by atoms with Crippen LogP contribution in [0.25, 0.3) is 22.6 Å². The fraction of sp³-hybridized carbons (Fsp3) is 0.310. The van der Waals surface area contributed by atoms with E-state index in [0.717, 1.165) is 29.7 Å². The summed E-state index contributed by atoms with van der Waals surface area (Å²) in [6, 6.07) is 14.2. The van der Waals surface area contributed by atoms with E-state index >= 15 is 0 Å². The van der Waals surface area contributed by atoms with Crippen molar-refractivity contribution in [3.8, 4) is 11.5 Å². The highest BCUT2D eigenvalue weighted by molar-refractivity contribution is 7.17. The molecule has 8 nitrogen and oxygen atoms in total. The summed E-state index contributed by atoms with van der Waals surface area (Å²) >= 11 is 1.39. The monoisotopic (exact) mass is 532 g/mol. The molecule has 2 unspecified atom stereocenters. The zero-order chi connectivity index (χ0) is 26.8. The summed E-state index contributed by atoms with van der Waals surface area (Å²) in [7, 11) is 1.33. The predicted octanol–water partition coefficient (Wildman–Crippen LogP) is 6.04. The lowest BCUT2D eigenvalue weighted by atomic mass is 9.88. The fourth-order valence-electron chi connectivity index (χ4n) is 4.70. The molecule has 2 aromatic carbocycles. The maximum Gasteiger partial charge on any atom is 0.341 e. The number of hydrogen-bond donors (Lipinski definition) is 1. The summed E-state index contributed by atoms with van der Waals surface area (Å²) in [6.07, 6.45) is 1.75. The molecule has 1 N–H and O–H groups in total. The van der Waals surface area contributed by atoms with Crippen molar-refractivity contribution < 1.29 is 28.3 Å². The Labute approximate surface area is 224 Å². The van der Waals surface area contributed by atoms with Crippen molar-refractivity contribution in [2.45, 2.75) is 45.6 Å². The summed E-state index contributed by atoms with van der Waals surface area (Å²) in [5.41, 5.74) is 3.32. The maximum absolute atomic E-state index is 13.3. The van der Waals surface area contributed by atoms with E-state index < -0.39 is 23.9 Å². The number of benzene rings is 2. The van der Waals surface area contributed by atoms with E-state index in [9.17, 15) is 14.4 Å². The van der Waals surface area contributed by atoms with Gasteiger partial charge in [-0.3, -0.25) is 4.79 Å². The minimum atomic E-state index is -1.07. The van der Waals surface area contributed by atoms with Crippen molar-refractivity contribution >= 4 is 45.3 Å². The van der Waals surface area contributed by atoms with Gasteiger partial charge in [-0.05, 0) is 61.4 Å². The van der Waals surface area contributed by atoms with Gasteiger partial charge < -0.3 is 19.2 Å². The van der Waals surface area contributed by atoms with Crippen molar-refractivity contribution in [3.63, 3.8) is 0 Å². The normalized spacial score (nSPS) is 15.5. The second-order valence-electron chi connectivity index (χ2n) is 9.37. The first-order valence-electron chi connectivity index (χ1n) is 12.6. The Hall–Kier alpha value is -3.98. The van der Waals surface area contributed by atoms with Gasteiger partial charge in [-0.1, -0.05) is 38.1 Å². The molecule has 0 spiro atoms. The van der Waals surface area contributed by atoms with Crippen LogP contribution in [0.4, 0.5) is 5.00 Å². The third-order valence-electron chi connectivity index (χ3n) is 6.72. The Morgan fingerprint density at radius 1 is 1.13 bits per heavy atom. The highest BCUT2D eigenvalue weighted by atomic mass is 32.1. The first-order chi connectivity index (χ1) is 18.4. The van der Waals surface area contributed by atoms with E-state index in [0.29, 0.717) is 33.1 Å². The molecule has 1 aliphatic carbocycles. The number of carbonyl (C=O) groups excluding carboxylic acids is 3. The Bertz CT molecular complexity index is 1490. The number of oxazole rings is 1. The van der Waals surface area contributed by atoms with Gasteiger partial charge in [0.1, 0.15) is 10.5 Å². The molecule has 38 heavy (non-hydrogen) atoms. The lowest BCUT2D eigenvalue weighted by Gasteiger charge is -2.18. The molecule has 2 atom stereocenters. The summed E-state index contributed by atoms with van der Waals surface area (Å²) in [5, 5.41) is 3.27. The van der Waals surface area contributed by atoms with Gasteiger partial charge in [0.15, 0.2) is 11.7 Å². The number of methoxy groups -OCH3 is 1. The van der Waals surface area contributed by atoms with Crippen LogP contribution in [-0.2, 0) is 27.1 Å². The van der Waals surface area contributed by atoms with Crippen LogP contribution in [-0.4, -0.2) is 36.0 Å². The zero-order valence-electron chi connectivity index (χ0n) is 21.4. The minimum absolute atomic E-state index is 0.237. The molecule has 0 saturated heterocycles. The van der Waals surface area contributed by atoms with Gasteiger partial charge in [0, 0.05) is 4.88 Å². The molecule has 0 fully saturated rings. The van der Waals surface area contributed by atoms with Crippen LogP contribution in [0.3, 0.4) is 0 Å². The molecule has 2 aromatic heterocycles. The van der Waals surface area contributed by atoms with Crippen molar-refractivity contribution in [2.24, 2.45) is 5.92 Å². The number of carbonyl (C=O) groups is 3. The number of para-hydroxylation sites is 2. The van der Waals surface area contributed by atoms with Crippen molar-refractivity contribution in [1.29, 1.82) is 0 Å². The summed E-state index contributed by atoms with van der Waals surface area (Å²) in [5.74, 6) is -0.864. The van der Waals surface area contributed by atoms with Crippen LogP contribution in [0.5, 0.6) is 0 Å². The molecule has 0 aliphatic heterocycles. The molecule has 0 radical (unpaired) electrons. The first-order valence-corrected chi connectivity index (χ1v) is 13.4. The third-order valence-corrected chi connectivity index (χ3v) is 7.89. The second-order valence-corrected chi connectivity index (χ2v) is 10.5. The summed E-state index contributed by atoms with van der Waals surface area (Å²) in [4.78, 5) is 44.7. The molecule has 2 heterocycles. The van der Waals surface area contributed by atoms with Gasteiger partial charge in [-0.2, -0.15) is 0 Å². The summed E-state index contributed by atoms with van der Waals surface area (Å²) < 4.78 is 16.5. The van der Waals surface area contributed by atoms with E-state index in [1.165, 1.54) is 18.4 Å². The number of esters is 2. The highest BCUT2D eigenvalue weighted by Gasteiger charge is 2.31. The average Bonchev–Trinajstić information content (AvgIpc) is 3.51. The number of fused-ring (bicyclic) bond motifs is 2. The van der Waals surface area contributed by atoms with Gasteiger partial charge in [0.2, 0.25) is 5.89 Å². The van der Waals surface area contributed by atoms with Gasteiger partial charge in [0.05, 0.1) is 23.8 Å². The average molecular weight is 533 g/mol. The van der Waals surface area contributed by atoms with Gasteiger partial charge in [-0.15, -0.1) is 11.3 Å². The van der Waals surface area contributed by atoms with Gasteiger partial charge in [-0.25, -0.2) is 14.6 Å². The van der Waals surface area contributed by atoms with E-state index in [2.05, 4.69) is 17.2 Å². The van der Waals surface area contributed by atoms with Crippen LogP contribution in [0.15, 0.2) is 52.9 Å². The van der Waals surface area contributed by atoms with Crippen molar-refractivity contribution in [3.05, 3.63) is 70.1 Å². The molecule has 0 saturated carbocycles. The topological polar surface area (TPSA) is 108 Å². The number of nitrogens with one attached hydrogen (secondary N) is 1. The van der Waals surface area contributed by atoms with E-state index in [1.54, 1.807) is 37.3 Å².